The van der Waals surface area contributed by atoms with Crippen LogP contribution in [0.2, 0.25) is 0 Å². The third kappa shape index (κ3) is 5.17. The van der Waals surface area contributed by atoms with Crippen LogP contribution in [0.5, 0.6) is 5.75 Å². The van der Waals surface area contributed by atoms with E-state index in [1.807, 2.05) is 38.1 Å². The number of nitrogens with zero attached hydrogens (tertiary/aromatic N) is 2. The number of thiazole rings is 1. The fourth-order valence-corrected chi connectivity index (χ4v) is 4.80. The normalized spacial score (nSPS) is 12.7. The number of rotatable bonds is 10. The minimum Gasteiger partial charge on any atom is -0.494 e. The molecule has 0 fully saturated rings. The van der Waals surface area contributed by atoms with Gasteiger partial charge in [-0.2, -0.15) is 0 Å². The maximum Gasteiger partial charge on any atom is 0.261 e. The Balaban J connectivity index is 1.22. The van der Waals surface area contributed by atoms with E-state index < -0.39 is 0 Å². The molecular weight excluding hydrogens is 450 g/mol. The summed E-state index contributed by atoms with van der Waals surface area (Å²) in [6.07, 6.45) is 2.44. The summed E-state index contributed by atoms with van der Waals surface area (Å²) in [5, 5.41) is 3.47. The van der Waals surface area contributed by atoms with Crippen LogP contribution >= 0.6 is 11.3 Å². The number of anilines is 1. The Kier molecular flexibility index (Phi) is 7.37. The van der Waals surface area contributed by atoms with Crippen molar-refractivity contribution in [3.63, 3.8) is 0 Å². The van der Waals surface area contributed by atoms with E-state index in [4.69, 9.17) is 4.74 Å². The molecule has 7 nitrogen and oxygen atoms in total. The van der Waals surface area contributed by atoms with Crippen molar-refractivity contribution in [3.8, 4) is 17.0 Å². The molecule has 2 heterocycles. The lowest BCUT2D eigenvalue weighted by Crippen LogP contribution is -2.30. The van der Waals surface area contributed by atoms with Gasteiger partial charge in [0.1, 0.15) is 5.75 Å². The highest BCUT2D eigenvalue weighted by molar-refractivity contribution is 7.16. The number of imide groups is 1. The molecule has 1 aromatic heterocycles. The molecule has 4 rings (SSSR count). The van der Waals surface area contributed by atoms with Gasteiger partial charge in [-0.05, 0) is 63.1 Å². The van der Waals surface area contributed by atoms with Gasteiger partial charge < -0.3 is 10.1 Å². The van der Waals surface area contributed by atoms with Gasteiger partial charge in [-0.25, -0.2) is 4.98 Å². The van der Waals surface area contributed by atoms with Crippen molar-refractivity contribution in [1.29, 1.82) is 0 Å². The van der Waals surface area contributed by atoms with Gasteiger partial charge in [-0.15, -0.1) is 11.3 Å². The molecule has 176 valence electrons. The third-order valence-corrected chi connectivity index (χ3v) is 6.53. The lowest BCUT2D eigenvalue weighted by molar-refractivity contribution is -0.116. The Labute approximate surface area is 202 Å². The molecule has 0 spiro atoms. The topological polar surface area (TPSA) is 88.6 Å². The van der Waals surface area contributed by atoms with Crippen molar-refractivity contribution in [1.82, 2.24) is 9.88 Å². The summed E-state index contributed by atoms with van der Waals surface area (Å²) >= 11 is 1.45. The predicted molar refractivity (Wildman–Crippen MR) is 132 cm³/mol. The monoisotopic (exact) mass is 477 g/mol. The van der Waals surface area contributed by atoms with E-state index in [1.165, 1.54) is 16.2 Å². The molecule has 0 saturated carbocycles. The Hall–Kier alpha value is -3.52. The van der Waals surface area contributed by atoms with Crippen LogP contribution < -0.4 is 10.1 Å². The first-order valence-corrected chi connectivity index (χ1v) is 12.2. The van der Waals surface area contributed by atoms with Crippen LogP contribution in [0.15, 0.2) is 48.5 Å². The molecule has 1 aliphatic rings. The average molecular weight is 478 g/mol. The largest absolute Gasteiger partial charge is 0.494 e. The Morgan fingerprint density at radius 1 is 1.00 bits per heavy atom. The lowest BCUT2D eigenvalue weighted by Gasteiger charge is -2.13. The molecule has 0 saturated heterocycles. The number of carbonyl (C=O) groups is 3. The van der Waals surface area contributed by atoms with Crippen molar-refractivity contribution < 1.29 is 19.1 Å². The second kappa shape index (κ2) is 10.6. The van der Waals surface area contributed by atoms with Crippen LogP contribution in [0.25, 0.3) is 11.3 Å². The molecule has 2 aromatic carbocycles. The molecule has 0 bridgehead atoms. The highest BCUT2D eigenvalue weighted by atomic mass is 32.1. The van der Waals surface area contributed by atoms with Gasteiger partial charge in [-0.3, -0.25) is 19.3 Å². The minimum absolute atomic E-state index is 0.0901. The summed E-state index contributed by atoms with van der Waals surface area (Å²) in [5.74, 6) is 0.255. The summed E-state index contributed by atoms with van der Waals surface area (Å²) in [7, 11) is 0. The standard InChI is InChI=1S/C26H27N3O4S/c1-3-33-19-14-12-18(13-15-19)23-17(2)34-26(28-23)27-22(30)11-5-4-8-16-29-24(31)20-9-6-7-10-21(20)25(29)32/h6-7,9-10,12-15H,3-5,8,11,16H2,1-2H3,(H,27,28,30). The van der Waals surface area contributed by atoms with Crippen LogP contribution in [0.4, 0.5) is 5.13 Å². The first-order chi connectivity index (χ1) is 16.5. The van der Waals surface area contributed by atoms with Crippen LogP contribution in [-0.2, 0) is 4.79 Å². The zero-order valence-electron chi connectivity index (χ0n) is 19.3. The van der Waals surface area contributed by atoms with E-state index in [0.717, 1.165) is 28.3 Å². The van der Waals surface area contributed by atoms with E-state index in [1.54, 1.807) is 24.3 Å². The first kappa shape index (κ1) is 23.6. The van der Waals surface area contributed by atoms with E-state index in [-0.39, 0.29) is 17.7 Å². The van der Waals surface area contributed by atoms with Crippen molar-refractivity contribution in [3.05, 3.63) is 64.5 Å². The van der Waals surface area contributed by atoms with E-state index in [2.05, 4.69) is 10.3 Å². The number of hydrogen-bond donors (Lipinski definition) is 1. The van der Waals surface area contributed by atoms with Gasteiger partial charge in [0.25, 0.3) is 11.8 Å². The second-order valence-corrected chi connectivity index (χ2v) is 9.25. The summed E-state index contributed by atoms with van der Waals surface area (Å²) in [6, 6.07) is 14.6. The SMILES string of the molecule is CCOc1ccc(-c2nc(NC(=O)CCCCCN3C(=O)c4ccccc4C3=O)sc2C)cc1. The number of benzene rings is 2. The van der Waals surface area contributed by atoms with E-state index in [9.17, 15) is 14.4 Å². The van der Waals surface area contributed by atoms with Crippen LogP contribution in [0.3, 0.4) is 0 Å². The Bertz CT molecular complexity index is 1170. The lowest BCUT2D eigenvalue weighted by atomic mass is 10.1. The number of amides is 3. The maximum absolute atomic E-state index is 12.4. The van der Waals surface area contributed by atoms with Crippen LogP contribution in [0, 0.1) is 6.92 Å². The zero-order chi connectivity index (χ0) is 24.1. The second-order valence-electron chi connectivity index (χ2n) is 8.05. The Morgan fingerprint density at radius 2 is 1.68 bits per heavy atom. The first-order valence-electron chi connectivity index (χ1n) is 11.4. The summed E-state index contributed by atoms with van der Waals surface area (Å²) in [5.41, 5.74) is 2.76. The number of ether oxygens (including phenoxy) is 1. The van der Waals surface area contributed by atoms with E-state index in [0.29, 0.717) is 48.7 Å². The molecule has 8 heteroatoms. The molecule has 0 unspecified atom stereocenters. The van der Waals surface area contributed by atoms with Gasteiger partial charge in [0.05, 0.1) is 23.4 Å². The van der Waals surface area contributed by atoms with Gasteiger partial charge in [-0.1, -0.05) is 18.6 Å². The van der Waals surface area contributed by atoms with Crippen molar-refractivity contribution in [2.45, 2.75) is 39.5 Å². The van der Waals surface area contributed by atoms with Crippen molar-refractivity contribution in [2.24, 2.45) is 0 Å². The van der Waals surface area contributed by atoms with Crippen LogP contribution in [-0.4, -0.2) is 40.8 Å². The molecule has 0 aliphatic carbocycles. The summed E-state index contributed by atoms with van der Waals surface area (Å²) in [6.45, 7) is 4.92. The van der Waals surface area contributed by atoms with Crippen molar-refractivity contribution in [2.75, 3.05) is 18.5 Å². The molecule has 0 radical (unpaired) electrons. The number of aryl methyl sites for hydroxylation is 1. The predicted octanol–water partition coefficient (Wildman–Crippen LogP) is 5.31. The summed E-state index contributed by atoms with van der Waals surface area (Å²) < 4.78 is 5.48. The highest BCUT2D eigenvalue weighted by Gasteiger charge is 2.34. The Morgan fingerprint density at radius 3 is 2.32 bits per heavy atom. The fourth-order valence-electron chi connectivity index (χ4n) is 3.95. The molecule has 1 aliphatic heterocycles. The molecule has 3 amide bonds. The van der Waals surface area contributed by atoms with Crippen molar-refractivity contribution >= 4 is 34.2 Å². The quantitative estimate of drug-likeness (QED) is 0.316. The van der Waals surface area contributed by atoms with E-state index >= 15 is 0 Å². The fraction of sp³-hybridized carbons (Fsp3) is 0.308. The number of carbonyl (C=O) groups excluding carboxylic acids is 3. The molecule has 1 N–H and O–H groups in total. The van der Waals surface area contributed by atoms with Crippen LogP contribution in [0.1, 0.15) is 58.2 Å². The number of unbranched alkanes of at least 4 members (excludes halogenated alkanes) is 2. The number of aromatic nitrogens is 1. The number of hydrogen-bond acceptors (Lipinski definition) is 6. The number of nitrogens with one attached hydrogen (secondary N) is 1. The molecular formula is C26H27N3O4S. The van der Waals surface area contributed by atoms with Gasteiger partial charge in [0.15, 0.2) is 5.13 Å². The molecule has 0 atom stereocenters. The molecule has 3 aromatic rings. The summed E-state index contributed by atoms with van der Waals surface area (Å²) in [4.78, 5) is 44.1. The highest BCUT2D eigenvalue weighted by Crippen LogP contribution is 2.31. The third-order valence-electron chi connectivity index (χ3n) is 5.65. The van der Waals surface area contributed by atoms with Gasteiger partial charge >= 0.3 is 0 Å². The van der Waals surface area contributed by atoms with Gasteiger partial charge in [0, 0.05) is 23.4 Å². The van der Waals surface area contributed by atoms with Gasteiger partial charge in [0.2, 0.25) is 5.91 Å². The average Bonchev–Trinajstić information content (AvgIpc) is 3.31. The number of fused-ring (bicyclic) bond motifs is 1. The molecule has 34 heavy (non-hydrogen) atoms. The smallest absolute Gasteiger partial charge is 0.261 e. The maximum atomic E-state index is 12.4. The zero-order valence-corrected chi connectivity index (χ0v) is 20.1. The minimum atomic E-state index is -0.235.